The number of amides is 3. The molecule has 0 bridgehead atoms. The molecule has 152 valence electrons. The summed E-state index contributed by atoms with van der Waals surface area (Å²) < 4.78 is 0. The molecule has 0 heterocycles. The standard InChI is InChI=1S/C24H23N3O3/c1-17-10-12-18(13-11-17)22(28)14-15-23(29)25-20-8-5-9-21(16-20)27-24(30)26-19-6-3-2-4-7-19/h2-13,16H,14-15H2,1H3,(H,25,29)(H2,26,27,30). The van der Waals surface area contributed by atoms with Gasteiger partial charge < -0.3 is 16.0 Å². The second-order valence-electron chi connectivity index (χ2n) is 6.86. The summed E-state index contributed by atoms with van der Waals surface area (Å²) in [5.74, 6) is -0.334. The fraction of sp³-hybridized carbons (Fsp3) is 0.125. The van der Waals surface area contributed by atoms with E-state index in [9.17, 15) is 14.4 Å². The van der Waals surface area contributed by atoms with Crippen LogP contribution >= 0.6 is 0 Å². The van der Waals surface area contributed by atoms with Crippen LogP contribution in [0.5, 0.6) is 0 Å². The Balaban J connectivity index is 1.50. The summed E-state index contributed by atoms with van der Waals surface area (Å²) in [6.45, 7) is 1.95. The van der Waals surface area contributed by atoms with Crippen LogP contribution in [-0.4, -0.2) is 17.7 Å². The maximum absolute atomic E-state index is 12.2. The van der Waals surface area contributed by atoms with Gasteiger partial charge in [-0.1, -0.05) is 54.1 Å². The third-order valence-electron chi connectivity index (χ3n) is 4.39. The maximum Gasteiger partial charge on any atom is 0.323 e. The van der Waals surface area contributed by atoms with E-state index in [1.54, 1.807) is 48.5 Å². The third-order valence-corrected chi connectivity index (χ3v) is 4.39. The van der Waals surface area contributed by atoms with Gasteiger partial charge in [-0.15, -0.1) is 0 Å². The fourth-order valence-electron chi connectivity index (χ4n) is 2.82. The van der Waals surface area contributed by atoms with Crippen molar-refractivity contribution in [2.24, 2.45) is 0 Å². The summed E-state index contributed by atoms with van der Waals surface area (Å²) in [5.41, 5.74) is 3.44. The van der Waals surface area contributed by atoms with Crippen LogP contribution in [0.1, 0.15) is 28.8 Å². The van der Waals surface area contributed by atoms with Crippen molar-refractivity contribution in [2.45, 2.75) is 19.8 Å². The Bertz CT molecular complexity index is 1030. The molecule has 0 unspecified atom stereocenters. The summed E-state index contributed by atoms with van der Waals surface area (Å²) in [7, 11) is 0. The molecular formula is C24H23N3O3. The number of rotatable bonds is 7. The van der Waals surface area contributed by atoms with Gasteiger partial charge in [0.2, 0.25) is 5.91 Å². The van der Waals surface area contributed by atoms with Gasteiger partial charge in [0.25, 0.3) is 0 Å². The first kappa shape index (κ1) is 20.8. The lowest BCUT2D eigenvalue weighted by atomic mass is 10.0. The molecule has 3 N–H and O–H groups in total. The van der Waals surface area contributed by atoms with Crippen LogP contribution in [0, 0.1) is 6.92 Å². The van der Waals surface area contributed by atoms with Gasteiger partial charge in [0.1, 0.15) is 0 Å². The molecule has 30 heavy (non-hydrogen) atoms. The summed E-state index contributed by atoms with van der Waals surface area (Å²) in [6, 6.07) is 22.8. The lowest BCUT2D eigenvalue weighted by Crippen LogP contribution is -2.19. The first-order valence-electron chi connectivity index (χ1n) is 9.62. The molecule has 0 saturated carbocycles. The predicted molar refractivity (Wildman–Crippen MR) is 119 cm³/mol. The van der Waals surface area contributed by atoms with Crippen LogP contribution in [-0.2, 0) is 4.79 Å². The molecule has 0 atom stereocenters. The zero-order valence-corrected chi connectivity index (χ0v) is 16.6. The average molecular weight is 401 g/mol. The zero-order valence-electron chi connectivity index (χ0n) is 16.6. The van der Waals surface area contributed by atoms with Gasteiger partial charge in [0.15, 0.2) is 5.78 Å². The van der Waals surface area contributed by atoms with Crippen molar-refractivity contribution < 1.29 is 14.4 Å². The number of carbonyl (C=O) groups is 3. The van der Waals surface area contributed by atoms with Crippen molar-refractivity contribution in [3.05, 3.63) is 90.0 Å². The normalized spacial score (nSPS) is 10.2. The van der Waals surface area contributed by atoms with Crippen LogP contribution in [0.15, 0.2) is 78.9 Å². The van der Waals surface area contributed by atoms with E-state index in [1.165, 1.54) is 0 Å². The van der Waals surface area contributed by atoms with E-state index < -0.39 is 0 Å². The first-order chi connectivity index (χ1) is 14.5. The molecular weight excluding hydrogens is 378 g/mol. The number of ketones is 1. The Morgan fingerprint density at radius 3 is 1.97 bits per heavy atom. The summed E-state index contributed by atoms with van der Waals surface area (Å²) >= 11 is 0. The third kappa shape index (κ3) is 6.31. The average Bonchev–Trinajstić information content (AvgIpc) is 2.73. The highest BCUT2D eigenvalue weighted by atomic mass is 16.2. The van der Waals surface area contributed by atoms with Gasteiger partial charge in [0.05, 0.1) is 0 Å². The Morgan fingerprint density at radius 2 is 1.27 bits per heavy atom. The number of hydrogen-bond donors (Lipinski definition) is 3. The Kier molecular flexibility index (Phi) is 6.95. The molecule has 0 aliphatic rings. The second kappa shape index (κ2) is 10.0. The number of aryl methyl sites for hydroxylation is 1. The molecule has 6 heteroatoms. The molecule has 3 aromatic carbocycles. The lowest BCUT2D eigenvalue weighted by molar-refractivity contribution is -0.116. The van der Waals surface area contributed by atoms with Gasteiger partial charge >= 0.3 is 6.03 Å². The van der Waals surface area contributed by atoms with Crippen LogP contribution in [0.3, 0.4) is 0 Å². The maximum atomic E-state index is 12.2. The molecule has 0 fully saturated rings. The van der Waals surface area contributed by atoms with Crippen molar-refractivity contribution in [1.82, 2.24) is 0 Å². The molecule has 0 saturated heterocycles. The highest BCUT2D eigenvalue weighted by Gasteiger charge is 2.10. The number of hydrogen-bond acceptors (Lipinski definition) is 3. The summed E-state index contributed by atoms with van der Waals surface area (Å²) in [6.07, 6.45) is 0.213. The molecule has 3 amide bonds. The Labute approximate surface area is 175 Å². The van der Waals surface area contributed by atoms with E-state index in [1.807, 2.05) is 37.3 Å². The number of urea groups is 1. The van der Waals surface area contributed by atoms with E-state index in [2.05, 4.69) is 16.0 Å². The van der Waals surface area contributed by atoms with Crippen LogP contribution in [0.2, 0.25) is 0 Å². The largest absolute Gasteiger partial charge is 0.326 e. The topological polar surface area (TPSA) is 87.3 Å². The Morgan fingerprint density at radius 1 is 0.667 bits per heavy atom. The van der Waals surface area contributed by atoms with Gasteiger partial charge in [-0.3, -0.25) is 9.59 Å². The van der Waals surface area contributed by atoms with Gasteiger partial charge in [-0.05, 0) is 37.3 Å². The molecule has 3 rings (SSSR count). The van der Waals surface area contributed by atoms with E-state index in [4.69, 9.17) is 0 Å². The second-order valence-corrected chi connectivity index (χ2v) is 6.86. The van der Waals surface area contributed by atoms with Crippen molar-refractivity contribution >= 4 is 34.8 Å². The fourth-order valence-corrected chi connectivity index (χ4v) is 2.82. The number of para-hydroxylation sites is 1. The van der Waals surface area contributed by atoms with Gasteiger partial charge in [-0.25, -0.2) is 4.79 Å². The van der Waals surface area contributed by atoms with Crippen molar-refractivity contribution in [1.29, 1.82) is 0 Å². The number of benzene rings is 3. The summed E-state index contributed by atoms with van der Waals surface area (Å²) in [5, 5.41) is 8.21. The minimum absolute atomic E-state index is 0.0712. The number of Topliss-reactive ketones (excluding diaryl/α,β-unsaturated/α-hetero) is 1. The van der Waals surface area contributed by atoms with E-state index in [0.29, 0.717) is 22.6 Å². The number of anilines is 3. The van der Waals surface area contributed by atoms with Crippen LogP contribution < -0.4 is 16.0 Å². The van der Waals surface area contributed by atoms with Gasteiger partial charge in [0, 0.05) is 35.5 Å². The molecule has 0 aliphatic carbocycles. The smallest absolute Gasteiger partial charge is 0.323 e. The van der Waals surface area contributed by atoms with E-state index in [0.717, 1.165) is 5.56 Å². The predicted octanol–water partition coefficient (Wildman–Crippen LogP) is 5.24. The monoisotopic (exact) mass is 401 g/mol. The van der Waals surface area contributed by atoms with Crippen molar-refractivity contribution in [3.8, 4) is 0 Å². The summed E-state index contributed by atoms with van der Waals surface area (Å²) in [4.78, 5) is 36.5. The molecule has 3 aromatic rings. The molecule has 6 nitrogen and oxygen atoms in total. The highest BCUT2D eigenvalue weighted by molar-refractivity contribution is 6.01. The SMILES string of the molecule is Cc1ccc(C(=O)CCC(=O)Nc2cccc(NC(=O)Nc3ccccc3)c2)cc1. The first-order valence-corrected chi connectivity index (χ1v) is 9.62. The minimum atomic E-state index is -0.381. The van der Waals surface area contributed by atoms with Crippen molar-refractivity contribution in [3.63, 3.8) is 0 Å². The van der Waals surface area contributed by atoms with E-state index in [-0.39, 0.29) is 30.6 Å². The molecule has 0 aliphatic heterocycles. The number of nitrogens with one attached hydrogen (secondary N) is 3. The Hall–Kier alpha value is -3.93. The van der Waals surface area contributed by atoms with Crippen LogP contribution in [0.4, 0.5) is 21.9 Å². The van der Waals surface area contributed by atoms with Gasteiger partial charge in [-0.2, -0.15) is 0 Å². The lowest BCUT2D eigenvalue weighted by Gasteiger charge is -2.10. The minimum Gasteiger partial charge on any atom is -0.326 e. The number of carbonyl (C=O) groups excluding carboxylic acids is 3. The highest BCUT2D eigenvalue weighted by Crippen LogP contribution is 2.17. The zero-order chi connectivity index (χ0) is 21.3. The van der Waals surface area contributed by atoms with Crippen LogP contribution in [0.25, 0.3) is 0 Å². The van der Waals surface area contributed by atoms with E-state index >= 15 is 0 Å². The van der Waals surface area contributed by atoms with Crippen molar-refractivity contribution in [2.75, 3.05) is 16.0 Å². The molecule has 0 aromatic heterocycles. The molecule has 0 spiro atoms. The molecule has 0 radical (unpaired) electrons. The quantitative estimate of drug-likeness (QED) is 0.473.